The van der Waals surface area contributed by atoms with Crippen molar-refractivity contribution in [1.82, 2.24) is 4.90 Å². The van der Waals surface area contributed by atoms with E-state index < -0.39 is 35.2 Å². The molecule has 1 fully saturated rings. The van der Waals surface area contributed by atoms with E-state index in [1.165, 1.54) is 17.9 Å². The van der Waals surface area contributed by atoms with E-state index in [-0.39, 0.29) is 12.8 Å². The van der Waals surface area contributed by atoms with Crippen molar-refractivity contribution < 1.29 is 23.1 Å². The van der Waals surface area contributed by atoms with E-state index in [9.17, 15) is 18.4 Å². The summed E-state index contributed by atoms with van der Waals surface area (Å²) in [6, 6.07) is 0. The van der Waals surface area contributed by atoms with Crippen molar-refractivity contribution in [3.63, 3.8) is 0 Å². The first kappa shape index (κ1) is 15.9. The third-order valence-electron chi connectivity index (χ3n) is 4.57. The largest absolute Gasteiger partial charge is 0.428 e. The number of allylic oxidation sites excluding steroid dienone is 1. The van der Waals surface area contributed by atoms with Gasteiger partial charge >= 0.3 is 12.0 Å². The van der Waals surface area contributed by atoms with Gasteiger partial charge in [0.1, 0.15) is 0 Å². The number of ketones is 1. The minimum Gasteiger partial charge on any atom is -0.428 e. The number of Topliss-reactive ketones (excluding diaryl/α,β-unsaturated/α-hetero) is 1. The van der Waals surface area contributed by atoms with Crippen LogP contribution in [0.5, 0.6) is 0 Å². The number of nitrogens with zero attached hydrogens (tertiary/aromatic N) is 1. The maximum absolute atomic E-state index is 14.7. The first-order valence-corrected chi connectivity index (χ1v) is 7.42. The van der Waals surface area contributed by atoms with E-state index in [2.05, 4.69) is 0 Å². The van der Waals surface area contributed by atoms with Gasteiger partial charge in [-0.15, -0.1) is 0 Å². The molecule has 2 rings (SSSR count). The van der Waals surface area contributed by atoms with Crippen molar-refractivity contribution in [1.29, 1.82) is 0 Å². The van der Waals surface area contributed by atoms with Crippen LogP contribution in [-0.2, 0) is 9.53 Å². The maximum Gasteiger partial charge on any atom is 0.410 e. The molecule has 3 atom stereocenters. The number of halogens is 2. The lowest BCUT2D eigenvalue weighted by Gasteiger charge is -2.40. The smallest absolute Gasteiger partial charge is 0.410 e. The topological polar surface area (TPSA) is 46.6 Å². The van der Waals surface area contributed by atoms with Crippen LogP contribution in [0, 0.1) is 11.8 Å². The number of carbonyl (C=O) groups excluding carboxylic acids is 2. The Labute approximate surface area is 123 Å². The molecule has 0 aromatic carbocycles. The molecule has 1 saturated carbocycles. The van der Waals surface area contributed by atoms with Crippen LogP contribution in [0.15, 0.2) is 12.2 Å². The summed E-state index contributed by atoms with van der Waals surface area (Å²) in [5, 5.41) is 0. The summed E-state index contributed by atoms with van der Waals surface area (Å²) in [7, 11) is 0. The number of hydrogen-bond acceptors (Lipinski definition) is 3. The second-order valence-electron chi connectivity index (χ2n) is 5.51. The van der Waals surface area contributed by atoms with Crippen LogP contribution in [0.2, 0.25) is 0 Å². The zero-order valence-corrected chi connectivity index (χ0v) is 12.6. The third kappa shape index (κ3) is 2.07. The number of hydrogen-bond donors (Lipinski definition) is 0. The van der Waals surface area contributed by atoms with Crippen LogP contribution in [0.1, 0.15) is 33.6 Å². The standard InChI is InChI=1S/C15H21F2NO3/c1-4-12(19)14(21-13(20)18(5-2)6-3)10-7-8-11(9-10)15(14,16)17/h7-8,10-11H,4-6,9H2,1-3H3/t10-,11+,14-/m0/s1. The van der Waals surface area contributed by atoms with Crippen molar-refractivity contribution >= 4 is 11.9 Å². The lowest BCUT2D eigenvalue weighted by molar-refractivity contribution is -0.195. The molecule has 0 heterocycles. The summed E-state index contributed by atoms with van der Waals surface area (Å²) in [6.07, 6.45) is 2.24. The molecule has 1 amide bonds. The zero-order chi connectivity index (χ0) is 15.8. The fourth-order valence-electron chi connectivity index (χ4n) is 3.33. The second kappa shape index (κ2) is 5.39. The van der Waals surface area contributed by atoms with Crippen LogP contribution in [-0.4, -0.2) is 41.4 Å². The molecule has 2 bridgehead atoms. The molecule has 0 radical (unpaired) electrons. The van der Waals surface area contributed by atoms with Crippen LogP contribution in [0.4, 0.5) is 13.6 Å². The van der Waals surface area contributed by atoms with Gasteiger partial charge in [-0.2, -0.15) is 0 Å². The molecule has 0 saturated heterocycles. The zero-order valence-electron chi connectivity index (χ0n) is 12.6. The number of alkyl halides is 2. The maximum atomic E-state index is 14.7. The molecule has 2 aliphatic rings. The van der Waals surface area contributed by atoms with Gasteiger partial charge in [-0.05, 0) is 20.3 Å². The fourth-order valence-corrected chi connectivity index (χ4v) is 3.33. The van der Waals surface area contributed by atoms with Crippen molar-refractivity contribution in [3.8, 4) is 0 Å². The summed E-state index contributed by atoms with van der Waals surface area (Å²) in [5.74, 6) is -5.81. The number of rotatable bonds is 5. The Bertz CT molecular complexity index is 474. The van der Waals surface area contributed by atoms with Gasteiger partial charge in [0.25, 0.3) is 0 Å². The van der Waals surface area contributed by atoms with Gasteiger partial charge in [0.05, 0.1) is 0 Å². The Kier molecular flexibility index (Phi) is 4.08. The van der Waals surface area contributed by atoms with Gasteiger partial charge in [-0.1, -0.05) is 19.1 Å². The summed E-state index contributed by atoms with van der Waals surface area (Å²) in [4.78, 5) is 25.7. The molecule has 0 aromatic heterocycles. The SMILES string of the molecule is CCC(=O)[C@@]1(OC(=O)N(CC)CC)[C@H]2C=C[C@H](C2)C1(F)F. The first-order chi connectivity index (χ1) is 9.84. The second-order valence-corrected chi connectivity index (χ2v) is 5.51. The van der Waals surface area contributed by atoms with Gasteiger partial charge < -0.3 is 9.64 Å². The van der Waals surface area contributed by atoms with Crippen LogP contribution in [0.3, 0.4) is 0 Å². The molecule has 4 nitrogen and oxygen atoms in total. The van der Waals surface area contributed by atoms with Crippen LogP contribution in [0.25, 0.3) is 0 Å². The molecule has 118 valence electrons. The number of carbonyl (C=O) groups is 2. The van der Waals surface area contributed by atoms with Crippen molar-refractivity contribution in [3.05, 3.63) is 12.2 Å². The Morgan fingerprint density at radius 3 is 2.19 bits per heavy atom. The fraction of sp³-hybridized carbons (Fsp3) is 0.733. The van der Waals surface area contributed by atoms with E-state index in [1.807, 2.05) is 0 Å². The molecule has 21 heavy (non-hydrogen) atoms. The Morgan fingerprint density at radius 2 is 1.76 bits per heavy atom. The minimum atomic E-state index is -3.34. The van der Waals surface area contributed by atoms with Gasteiger partial charge in [0.2, 0.25) is 5.60 Å². The van der Waals surface area contributed by atoms with Gasteiger partial charge in [-0.25, -0.2) is 13.6 Å². The van der Waals surface area contributed by atoms with E-state index in [0.29, 0.717) is 13.1 Å². The number of fused-ring (bicyclic) bond motifs is 2. The summed E-state index contributed by atoms with van der Waals surface area (Å²) in [6.45, 7) is 5.68. The lowest BCUT2D eigenvalue weighted by atomic mass is 9.80. The average molecular weight is 301 g/mol. The Hall–Kier alpha value is -1.46. The third-order valence-corrected chi connectivity index (χ3v) is 4.57. The highest BCUT2D eigenvalue weighted by atomic mass is 19.3. The Balaban J connectivity index is 2.39. The predicted octanol–water partition coefficient (Wildman–Crippen LogP) is 3.02. The van der Waals surface area contributed by atoms with Crippen molar-refractivity contribution in [2.75, 3.05) is 13.1 Å². The monoisotopic (exact) mass is 301 g/mol. The highest BCUT2D eigenvalue weighted by molar-refractivity contribution is 5.92. The molecular formula is C15H21F2NO3. The van der Waals surface area contributed by atoms with Crippen molar-refractivity contribution in [2.24, 2.45) is 11.8 Å². The number of amides is 1. The number of ether oxygens (including phenoxy) is 1. The van der Waals surface area contributed by atoms with Gasteiger partial charge in [-0.3, -0.25) is 4.79 Å². The average Bonchev–Trinajstić information content (AvgIpc) is 3.01. The predicted molar refractivity (Wildman–Crippen MR) is 73.1 cm³/mol. The summed E-state index contributed by atoms with van der Waals surface area (Å²) in [5.41, 5.74) is -2.33. The first-order valence-electron chi connectivity index (χ1n) is 7.42. The van der Waals surface area contributed by atoms with Crippen LogP contribution >= 0.6 is 0 Å². The van der Waals surface area contributed by atoms with E-state index in [4.69, 9.17) is 4.74 Å². The van der Waals surface area contributed by atoms with E-state index in [0.717, 1.165) is 0 Å². The molecule has 0 aromatic rings. The van der Waals surface area contributed by atoms with E-state index in [1.54, 1.807) is 19.9 Å². The summed E-state index contributed by atoms with van der Waals surface area (Å²) >= 11 is 0. The molecule has 6 heteroatoms. The van der Waals surface area contributed by atoms with E-state index >= 15 is 0 Å². The normalized spacial score (nSPS) is 32.2. The minimum absolute atomic E-state index is 0.0851. The molecule has 0 N–H and O–H groups in total. The molecular weight excluding hydrogens is 280 g/mol. The van der Waals surface area contributed by atoms with Crippen LogP contribution < -0.4 is 0 Å². The highest BCUT2D eigenvalue weighted by Crippen LogP contribution is 2.58. The molecule has 0 unspecified atom stereocenters. The van der Waals surface area contributed by atoms with Crippen molar-refractivity contribution in [2.45, 2.75) is 45.1 Å². The molecule has 2 aliphatic carbocycles. The summed E-state index contributed by atoms with van der Waals surface area (Å²) < 4.78 is 34.5. The van der Waals surface area contributed by atoms with Gasteiger partial charge in [0, 0.05) is 31.3 Å². The Morgan fingerprint density at radius 1 is 1.19 bits per heavy atom. The quantitative estimate of drug-likeness (QED) is 0.733. The van der Waals surface area contributed by atoms with Gasteiger partial charge in [0.15, 0.2) is 5.78 Å². The molecule has 0 spiro atoms. The highest BCUT2D eigenvalue weighted by Gasteiger charge is 2.74. The molecule has 0 aliphatic heterocycles. The lowest BCUT2D eigenvalue weighted by Crippen LogP contribution is -2.60.